The second kappa shape index (κ2) is 7.11. The first-order chi connectivity index (χ1) is 13.2. The molecular weight excluding hydrogens is 338 g/mol. The first-order valence-electron chi connectivity index (χ1n) is 8.88. The molecule has 27 heavy (non-hydrogen) atoms. The fraction of sp³-hybridized carbons (Fsp3) is 0.182. The minimum atomic E-state index is 0.0251. The van der Waals surface area contributed by atoms with Crippen LogP contribution in [0.5, 0.6) is 5.75 Å². The van der Waals surface area contributed by atoms with Gasteiger partial charge >= 0.3 is 0 Å². The fourth-order valence-corrected chi connectivity index (χ4v) is 3.17. The Bertz CT molecular complexity index is 992. The number of carbonyl (C=O) groups excluding carboxylic acids is 1. The molecule has 0 unspecified atom stereocenters. The van der Waals surface area contributed by atoms with E-state index in [1.807, 2.05) is 65.1 Å². The van der Waals surface area contributed by atoms with Crippen LogP contribution < -0.4 is 4.74 Å². The van der Waals surface area contributed by atoms with Crippen molar-refractivity contribution in [2.45, 2.75) is 13.0 Å². The van der Waals surface area contributed by atoms with Crippen molar-refractivity contribution in [1.82, 2.24) is 14.5 Å². The molecule has 1 aliphatic heterocycles. The molecule has 1 fully saturated rings. The minimum absolute atomic E-state index is 0.0251. The van der Waals surface area contributed by atoms with Crippen molar-refractivity contribution < 1.29 is 9.53 Å². The number of carbonyl (C=O) groups is 1. The molecule has 0 radical (unpaired) electrons. The van der Waals surface area contributed by atoms with Gasteiger partial charge in [0, 0.05) is 18.8 Å². The smallest absolute Gasteiger partial charge is 0.247 e. The van der Waals surface area contributed by atoms with E-state index in [2.05, 4.69) is 17.1 Å². The predicted molar refractivity (Wildman–Crippen MR) is 105 cm³/mol. The summed E-state index contributed by atoms with van der Waals surface area (Å²) >= 11 is 0. The molecule has 5 heteroatoms. The van der Waals surface area contributed by atoms with Crippen LogP contribution in [0.15, 0.2) is 67.1 Å². The second-order valence-electron chi connectivity index (χ2n) is 6.60. The Labute approximate surface area is 158 Å². The number of hydrogen-bond acceptors (Lipinski definition) is 3. The van der Waals surface area contributed by atoms with Gasteiger partial charge in [0.1, 0.15) is 5.75 Å². The van der Waals surface area contributed by atoms with Gasteiger partial charge in [-0.3, -0.25) is 4.79 Å². The number of aromatic nitrogens is 2. The molecule has 2 heterocycles. The molecule has 0 aliphatic carbocycles. The Morgan fingerprint density at radius 2 is 2.04 bits per heavy atom. The number of rotatable bonds is 5. The monoisotopic (exact) mass is 359 g/mol. The van der Waals surface area contributed by atoms with Crippen molar-refractivity contribution in [1.29, 1.82) is 0 Å². The maximum Gasteiger partial charge on any atom is 0.247 e. The molecule has 1 atom stereocenters. The average molecular weight is 359 g/mol. The van der Waals surface area contributed by atoms with Gasteiger partial charge in [-0.05, 0) is 36.3 Å². The normalized spacial score (nSPS) is 15.9. The summed E-state index contributed by atoms with van der Waals surface area (Å²) in [5, 5.41) is 0. The van der Waals surface area contributed by atoms with Crippen LogP contribution in [-0.4, -0.2) is 34.0 Å². The third-order valence-electron chi connectivity index (χ3n) is 4.69. The van der Waals surface area contributed by atoms with E-state index in [4.69, 9.17) is 4.74 Å². The number of hydrogen-bond donors (Lipinski definition) is 0. The molecule has 2 aromatic carbocycles. The number of aryl methyl sites for hydroxylation is 1. The van der Waals surface area contributed by atoms with Crippen LogP contribution in [0.1, 0.15) is 22.9 Å². The summed E-state index contributed by atoms with van der Waals surface area (Å²) in [6, 6.07) is 16.2. The molecule has 4 rings (SSSR count). The zero-order chi connectivity index (χ0) is 18.8. The van der Waals surface area contributed by atoms with E-state index in [9.17, 15) is 4.79 Å². The second-order valence-corrected chi connectivity index (χ2v) is 6.60. The van der Waals surface area contributed by atoms with Gasteiger partial charge in [-0.1, -0.05) is 36.4 Å². The van der Waals surface area contributed by atoms with Crippen molar-refractivity contribution in [3.8, 4) is 11.4 Å². The highest BCUT2D eigenvalue weighted by Crippen LogP contribution is 2.34. The summed E-state index contributed by atoms with van der Waals surface area (Å²) < 4.78 is 7.44. The van der Waals surface area contributed by atoms with Crippen LogP contribution in [0.3, 0.4) is 0 Å². The van der Waals surface area contributed by atoms with Gasteiger partial charge in [0.2, 0.25) is 5.91 Å². The van der Waals surface area contributed by atoms with Gasteiger partial charge in [0.05, 0.1) is 30.9 Å². The Hall–Kier alpha value is -3.34. The fourth-order valence-electron chi connectivity index (χ4n) is 3.17. The van der Waals surface area contributed by atoms with E-state index >= 15 is 0 Å². The highest BCUT2D eigenvalue weighted by atomic mass is 16.5. The Morgan fingerprint density at radius 3 is 2.74 bits per heavy atom. The highest BCUT2D eigenvalue weighted by Gasteiger charge is 2.38. The molecule has 3 aromatic rings. The van der Waals surface area contributed by atoms with E-state index in [1.54, 1.807) is 19.5 Å². The molecule has 1 amide bonds. The van der Waals surface area contributed by atoms with Crippen LogP contribution in [-0.2, 0) is 4.79 Å². The number of amides is 1. The molecule has 1 saturated heterocycles. The summed E-state index contributed by atoms with van der Waals surface area (Å²) in [6.45, 7) is 2.72. The van der Waals surface area contributed by atoms with Crippen molar-refractivity contribution in [2.75, 3.05) is 13.7 Å². The van der Waals surface area contributed by atoms with E-state index in [1.165, 1.54) is 5.56 Å². The van der Waals surface area contributed by atoms with E-state index in [0.29, 0.717) is 0 Å². The number of imidazole rings is 1. The lowest BCUT2D eigenvalue weighted by atomic mass is 10.1. The standard InChI is InChI=1S/C22H21N3O2/c1-16-13-24(15-23-16)19-10-8-17(12-21(19)27-2)9-11-22(26)25-14-20(25)18-6-4-3-5-7-18/h3-13,15,20H,14H2,1-2H3/b11-9+/t20-,25?/m0/s1. The van der Waals surface area contributed by atoms with Crippen LogP contribution >= 0.6 is 0 Å². The molecule has 0 N–H and O–H groups in total. The first kappa shape index (κ1) is 17.1. The van der Waals surface area contributed by atoms with Gasteiger partial charge < -0.3 is 14.2 Å². The zero-order valence-electron chi connectivity index (χ0n) is 15.4. The summed E-state index contributed by atoms with van der Waals surface area (Å²) in [6.07, 6.45) is 7.16. The molecule has 5 nitrogen and oxygen atoms in total. The van der Waals surface area contributed by atoms with Gasteiger partial charge in [0.15, 0.2) is 0 Å². The zero-order valence-corrected chi connectivity index (χ0v) is 15.4. The Balaban J connectivity index is 1.47. The largest absolute Gasteiger partial charge is 0.495 e. The van der Waals surface area contributed by atoms with Crippen LogP contribution in [0.25, 0.3) is 11.8 Å². The van der Waals surface area contributed by atoms with E-state index in [0.717, 1.165) is 29.2 Å². The summed E-state index contributed by atoms with van der Waals surface area (Å²) in [4.78, 5) is 18.5. The SMILES string of the molecule is COc1cc(/C=C/C(=O)N2C[C@H]2c2ccccc2)ccc1-n1cnc(C)c1. The molecule has 1 aromatic heterocycles. The summed E-state index contributed by atoms with van der Waals surface area (Å²) in [5.74, 6) is 0.757. The molecule has 0 spiro atoms. The predicted octanol–water partition coefficient (Wildman–Crippen LogP) is 3.79. The topological polar surface area (TPSA) is 47.1 Å². The van der Waals surface area contributed by atoms with E-state index < -0.39 is 0 Å². The van der Waals surface area contributed by atoms with Gasteiger partial charge in [-0.25, -0.2) is 4.98 Å². The highest BCUT2D eigenvalue weighted by molar-refractivity contribution is 5.93. The van der Waals surface area contributed by atoms with Crippen LogP contribution in [0.4, 0.5) is 0 Å². The third-order valence-corrected chi connectivity index (χ3v) is 4.69. The van der Waals surface area contributed by atoms with Crippen molar-refractivity contribution in [3.05, 3.63) is 84.0 Å². The number of benzene rings is 2. The molecule has 136 valence electrons. The quantitative estimate of drug-likeness (QED) is 0.514. The summed E-state index contributed by atoms with van der Waals surface area (Å²) in [5.41, 5.74) is 3.95. The molecule has 0 bridgehead atoms. The molecule has 0 saturated carbocycles. The number of ether oxygens (including phenoxy) is 1. The van der Waals surface area contributed by atoms with E-state index in [-0.39, 0.29) is 11.9 Å². The molecule has 1 aliphatic rings. The van der Waals surface area contributed by atoms with Gasteiger partial charge in [-0.2, -0.15) is 0 Å². The van der Waals surface area contributed by atoms with Gasteiger partial charge in [0.25, 0.3) is 0 Å². The maximum atomic E-state index is 12.4. The van der Waals surface area contributed by atoms with Crippen molar-refractivity contribution >= 4 is 12.0 Å². The first-order valence-corrected chi connectivity index (χ1v) is 8.88. The van der Waals surface area contributed by atoms with Crippen molar-refractivity contribution in [3.63, 3.8) is 0 Å². The van der Waals surface area contributed by atoms with Crippen LogP contribution in [0, 0.1) is 6.92 Å². The number of nitrogens with zero attached hydrogens (tertiary/aromatic N) is 3. The lowest BCUT2D eigenvalue weighted by molar-refractivity contribution is -0.121. The lowest BCUT2D eigenvalue weighted by Crippen LogP contribution is -2.07. The molecular formula is C22H21N3O2. The third kappa shape index (κ3) is 3.62. The minimum Gasteiger partial charge on any atom is -0.495 e. The Kier molecular flexibility index (Phi) is 4.50. The maximum absolute atomic E-state index is 12.4. The lowest BCUT2D eigenvalue weighted by Gasteiger charge is -2.10. The van der Waals surface area contributed by atoms with Crippen molar-refractivity contribution in [2.24, 2.45) is 0 Å². The van der Waals surface area contributed by atoms with Crippen LogP contribution in [0.2, 0.25) is 0 Å². The summed E-state index contributed by atoms with van der Waals surface area (Å²) in [7, 11) is 1.64. The average Bonchev–Trinajstić information content (AvgIpc) is 3.40. The Morgan fingerprint density at radius 1 is 1.22 bits per heavy atom. The van der Waals surface area contributed by atoms with Gasteiger partial charge in [-0.15, -0.1) is 0 Å². The number of methoxy groups -OCH3 is 1.